The number of nitrogens with one attached hydrogen (secondary N) is 1. The van der Waals surface area contributed by atoms with Gasteiger partial charge in [0.1, 0.15) is 13.2 Å². The van der Waals surface area contributed by atoms with E-state index in [9.17, 15) is 19.4 Å². The van der Waals surface area contributed by atoms with Gasteiger partial charge in [0.25, 0.3) is 0 Å². The van der Waals surface area contributed by atoms with Gasteiger partial charge in [0.15, 0.2) is 0 Å². The molecule has 0 aliphatic rings. The van der Waals surface area contributed by atoms with E-state index in [2.05, 4.69) is 67.8 Å². The summed E-state index contributed by atoms with van der Waals surface area (Å²) in [6.45, 7) is 4.63. The molecule has 0 aromatic carbocycles. The molecular formula is C42H78N2O6P+. The molecule has 0 bridgehead atoms. The minimum atomic E-state index is -4.35. The zero-order valence-corrected chi connectivity index (χ0v) is 34.2. The Bertz CT molecular complexity index is 1020. The van der Waals surface area contributed by atoms with Crippen LogP contribution in [0.3, 0.4) is 0 Å². The Morgan fingerprint density at radius 3 is 1.80 bits per heavy atom. The molecule has 8 nitrogen and oxygen atoms in total. The van der Waals surface area contributed by atoms with Crippen LogP contribution in [-0.4, -0.2) is 73.4 Å². The first kappa shape index (κ1) is 49.2. The number of hydrogen-bond acceptors (Lipinski definition) is 5. The van der Waals surface area contributed by atoms with Crippen LogP contribution in [0.1, 0.15) is 149 Å². The molecule has 3 atom stereocenters. The highest BCUT2D eigenvalue weighted by molar-refractivity contribution is 7.47. The van der Waals surface area contributed by atoms with Gasteiger partial charge >= 0.3 is 7.82 Å². The van der Waals surface area contributed by atoms with E-state index < -0.39 is 20.0 Å². The number of quaternary nitrogens is 1. The van der Waals surface area contributed by atoms with Crippen LogP contribution in [0, 0.1) is 0 Å². The van der Waals surface area contributed by atoms with Crippen LogP contribution < -0.4 is 5.32 Å². The SMILES string of the molecule is CC/C=C\C/C=C\C/C=C\CCCCCCCC(=O)NC(COP(=O)(O)OCC[N+](C)(C)C)C(O)/C=C/CC/C=C/CCCCCCCCCC. The van der Waals surface area contributed by atoms with Crippen LogP contribution in [0.15, 0.2) is 60.8 Å². The van der Waals surface area contributed by atoms with Gasteiger partial charge in [0.05, 0.1) is 39.9 Å². The van der Waals surface area contributed by atoms with Crippen molar-refractivity contribution in [2.24, 2.45) is 0 Å². The highest BCUT2D eigenvalue weighted by Gasteiger charge is 2.27. The van der Waals surface area contributed by atoms with Crippen molar-refractivity contribution < 1.29 is 32.9 Å². The number of aliphatic hydroxyl groups is 1. The van der Waals surface area contributed by atoms with Crippen molar-refractivity contribution in [1.82, 2.24) is 5.32 Å². The molecule has 51 heavy (non-hydrogen) atoms. The smallest absolute Gasteiger partial charge is 0.387 e. The van der Waals surface area contributed by atoms with Crippen LogP contribution in [0.5, 0.6) is 0 Å². The van der Waals surface area contributed by atoms with Crippen LogP contribution >= 0.6 is 7.82 Å². The first-order valence-electron chi connectivity index (χ1n) is 20.2. The molecule has 0 spiro atoms. The maximum Gasteiger partial charge on any atom is 0.472 e. The molecule has 0 aromatic heterocycles. The molecule has 296 valence electrons. The van der Waals surface area contributed by atoms with Crippen molar-refractivity contribution in [1.29, 1.82) is 0 Å². The first-order chi connectivity index (χ1) is 24.5. The predicted molar refractivity (Wildman–Crippen MR) is 217 cm³/mol. The average molecular weight is 738 g/mol. The third kappa shape index (κ3) is 36.4. The number of amides is 1. The predicted octanol–water partition coefficient (Wildman–Crippen LogP) is 10.7. The fourth-order valence-corrected chi connectivity index (χ4v) is 5.98. The highest BCUT2D eigenvalue weighted by Crippen LogP contribution is 2.43. The summed E-state index contributed by atoms with van der Waals surface area (Å²) in [5.74, 6) is -0.208. The van der Waals surface area contributed by atoms with E-state index in [0.29, 0.717) is 17.4 Å². The number of allylic oxidation sites excluding steroid dienone is 9. The normalized spacial score (nSPS) is 15.2. The summed E-state index contributed by atoms with van der Waals surface area (Å²) >= 11 is 0. The largest absolute Gasteiger partial charge is 0.472 e. The molecule has 0 saturated carbocycles. The maximum atomic E-state index is 12.8. The van der Waals surface area contributed by atoms with Crippen LogP contribution in [-0.2, 0) is 18.4 Å². The Labute approximate surface area is 313 Å². The molecule has 0 aliphatic heterocycles. The second-order valence-electron chi connectivity index (χ2n) is 14.6. The van der Waals surface area contributed by atoms with Crippen molar-refractivity contribution in [2.75, 3.05) is 40.9 Å². The summed E-state index contributed by atoms with van der Waals surface area (Å²) in [6.07, 6.45) is 42.9. The standard InChI is InChI=1S/C42H77N2O6P/c1-6-8-10-12-14-16-18-20-22-24-26-28-30-32-34-36-42(46)43-40(39-50-51(47,48)49-38-37-44(3,4)5)41(45)35-33-31-29-27-25-23-21-19-17-15-13-11-9-7-2/h8,10,14,16,20,22,25,27,33,35,40-41,45H,6-7,9,11-13,15,17-19,21,23-24,26,28-32,34,36-39H2,1-5H3,(H-,43,46,47,48)/p+1/b10-8-,16-14-,22-20-,27-25+,35-33+. The molecule has 0 aliphatic carbocycles. The quantitative estimate of drug-likeness (QED) is 0.0259. The number of phosphoric acid groups is 1. The van der Waals surface area contributed by atoms with Crippen LogP contribution in [0.2, 0.25) is 0 Å². The van der Waals surface area contributed by atoms with Gasteiger partial charge in [0.2, 0.25) is 5.91 Å². The van der Waals surface area contributed by atoms with E-state index in [4.69, 9.17) is 9.05 Å². The second kappa shape index (κ2) is 34.0. The fraction of sp³-hybridized carbons (Fsp3) is 0.738. The van der Waals surface area contributed by atoms with E-state index in [0.717, 1.165) is 77.0 Å². The monoisotopic (exact) mass is 738 g/mol. The van der Waals surface area contributed by atoms with Gasteiger partial charge in [-0.3, -0.25) is 13.8 Å². The lowest BCUT2D eigenvalue weighted by Crippen LogP contribution is -2.45. The van der Waals surface area contributed by atoms with Crippen LogP contribution in [0.25, 0.3) is 0 Å². The Morgan fingerprint density at radius 1 is 0.686 bits per heavy atom. The summed E-state index contributed by atoms with van der Waals surface area (Å²) in [4.78, 5) is 23.0. The molecule has 0 heterocycles. The number of hydrogen-bond donors (Lipinski definition) is 3. The van der Waals surface area contributed by atoms with Gasteiger partial charge in [-0.05, 0) is 64.2 Å². The number of carbonyl (C=O) groups is 1. The van der Waals surface area contributed by atoms with Gasteiger partial charge in [-0.1, -0.05) is 139 Å². The third-order valence-electron chi connectivity index (χ3n) is 8.47. The molecule has 0 fully saturated rings. The Morgan fingerprint density at radius 2 is 1.20 bits per heavy atom. The van der Waals surface area contributed by atoms with Crippen molar-refractivity contribution >= 4 is 13.7 Å². The zero-order chi connectivity index (χ0) is 37.9. The van der Waals surface area contributed by atoms with Gasteiger partial charge in [-0.2, -0.15) is 0 Å². The summed E-state index contributed by atoms with van der Waals surface area (Å²) in [6, 6.07) is -0.872. The average Bonchev–Trinajstić information content (AvgIpc) is 3.07. The minimum absolute atomic E-state index is 0.0498. The van der Waals surface area contributed by atoms with Crippen molar-refractivity contribution in [3.8, 4) is 0 Å². The number of nitrogens with zero attached hydrogens (tertiary/aromatic N) is 1. The number of phosphoric ester groups is 1. The lowest BCUT2D eigenvalue weighted by Gasteiger charge is -2.25. The zero-order valence-electron chi connectivity index (χ0n) is 33.3. The van der Waals surface area contributed by atoms with E-state index >= 15 is 0 Å². The highest BCUT2D eigenvalue weighted by atomic mass is 31.2. The third-order valence-corrected chi connectivity index (χ3v) is 9.46. The Hall–Kier alpha value is -1.80. The summed E-state index contributed by atoms with van der Waals surface area (Å²) in [5.41, 5.74) is 0. The number of aliphatic hydroxyl groups excluding tert-OH is 1. The first-order valence-corrected chi connectivity index (χ1v) is 21.7. The van der Waals surface area contributed by atoms with E-state index in [1.165, 1.54) is 51.4 Å². The van der Waals surface area contributed by atoms with E-state index in [-0.39, 0.29) is 19.1 Å². The molecule has 0 aromatic rings. The van der Waals surface area contributed by atoms with Gasteiger partial charge in [0, 0.05) is 6.42 Å². The van der Waals surface area contributed by atoms with E-state index in [1.807, 2.05) is 27.2 Å². The molecule has 9 heteroatoms. The van der Waals surface area contributed by atoms with Crippen molar-refractivity contribution in [2.45, 2.75) is 161 Å². The Kier molecular flexibility index (Phi) is 32.8. The van der Waals surface area contributed by atoms with Gasteiger partial charge < -0.3 is 19.8 Å². The lowest BCUT2D eigenvalue weighted by atomic mass is 10.1. The fourth-order valence-electron chi connectivity index (χ4n) is 5.25. The van der Waals surface area contributed by atoms with Crippen molar-refractivity contribution in [3.63, 3.8) is 0 Å². The molecule has 0 rings (SSSR count). The number of likely N-dealkylation sites (N-methyl/N-ethyl adjacent to an activating group) is 1. The topological polar surface area (TPSA) is 105 Å². The molecule has 0 saturated heterocycles. The van der Waals surface area contributed by atoms with Crippen molar-refractivity contribution in [3.05, 3.63) is 60.8 Å². The van der Waals surface area contributed by atoms with Gasteiger partial charge in [-0.15, -0.1) is 0 Å². The van der Waals surface area contributed by atoms with Crippen LogP contribution in [0.4, 0.5) is 0 Å². The summed E-state index contributed by atoms with van der Waals surface area (Å²) < 4.78 is 23.5. The molecule has 1 amide bonds. The summed E-state index contributed by atoms with van der Waals surface area (Å²) in [7, 11) is 1.53. The number of rotatable bonds is 35. The Balaban J connectivity index is 4.60. The molecule has 3 N–H and O–H groups in total. The molecule has 3 unspecified atom stereocenters. The number of unbranched alkanes of at least 4 members (excludes halogenated alkanes) is 14. The molecule has 0 radical (unpaired) electrons. The van der Waals surface area contributed by atoms with Gasteiger partial charge in [-0.25, -0.2) is 4.57 Å². The minimum Gasteiger partial charge on any atom is -0.387 e. The molecular weight excluding hydrogens is 659 g/mol. The summed E-state index contributed by atoms with van der Waals surface area (Å²) in [5, 5.41) is 13.7. The maximum absolute atomic E-state index is 12.8. The van der Waals surface area contributed by atoms with E-state index in [1.54, 1.807) is 6.08 Å². The lowest BCUT2D eigenvalue weighted by molar-refractivity contribution is -0.870. The number of carbonyl (C=O) groups excluding carboxylic acids is 1. The second-order valence-corrected chi connectivity index (χ2v) is 16.1.